The van der Waals surface area contributed by atoms with Crippen LogP contribution in [0.15, 0.2) is 56.5 Å². The lowest BCUT2D eigenvalue weighted by molar-refractivity contribution is 0.395. The minimum absolute atomic E-state index is 0.676. The van der Waals surface area contributed by atoms with Crippen molar-refractivity contribution in [1.29, 1.82) is 0 Å². The highest BCUT2D eigenvalue weighted by atomic mass is 32.1. The van der Waals surface area contributed by atoms with Crippen molar-refractivity contribution in [3.63, 3.8) is 0 Å². The highest BCUT2D eigenvalue weighted by molar-refractivity contribution is 7.07. The van der Waals surface area contributed by atoms with Gasteiger partial charge in [0.05, 0.1) is 26.2 Å². The summed E-state index contributed by atoms with van der Waals surface area (Å²) in [5.41, 5.74) is 2.57. The predicted molar refractivity (Wildman–Crippen MR) is 103 cm³/mol. The summed E-state index contributed by atoms with van der Waals surface area (Å²) in [5.74, 6) is 2.17. The van der Waals surface area contributed by atoms with Gasteiger partial charge in [0, 0.05) is 23.6 Å². The zero-order chi connectivity index (χ0) is 18.5. The lowest BCUT2D eigenvalue weighted by Gasteiger charge is -2.11. The molecular formula is C19H21N3O3S. The Morgan fingerprint density at radius 1 is 1.23 bits per heavy atom. The van der Waals surface area contributed by atoms with Crippen LogP contribution in [0.3, 0.4) is 0 Å². The van der Waals surface area contributed by atoms with Crippen LogP contribution in [0.5, 0.6) is 11.5 Å². The summed E-state index contributed by atoms with van der Waals surface area (Å²) in [4.78, 5) is 5.37. The first-order valence-electron chi connectivity index (χ1n) is 8.20. The molecule has 0 bridgehead atoms. The fourth-order valence-corrected chi connectivity index (χ4v) is 3.41. The van der Waals surface area contributed by atoms with Crippen LogP contribution in [-0.4, -0.2) is 31.2 Å². The highest BCUT2D eigenvalue weighted by Crippen LogP contribution is 2.33. The maximum absolute atomic E-state index is 5.56. The Kier molecular flexibility index (Phi) is 5.58. The summed E-state index contributed by atoms with van der Waals surface area (Å²) >= 11 is 1.54. The summed E-state index contributed by atoms with van der Waals surface area (Å²) in [7, 11) is 3.28. The van der Waals surface area contributed by atoms with Crippen LogP contribution in [0, 0.1) is 0 Å². The van der Waals surface area contributed by atoms with Crippen molar-refractivity contribution in [2.24, 2.45) is 10.1 Å². The quantitative estimate of drug-likeness (QED) is 0.615. The topological polar surface area (TPSA) is 61.2 Å². The molecule has 0 radical (unpaired) electrons. The summed E-state index contributed by atoms with van der Waals surface area (Å²) in [5, 5.41) is 6.77. The zero-order valence-electron chi connectivity index (χ0n) is 15.2. The Balaban J connectivity index is 2.18. The normalized spacial score (nSPS) is 12.5. The minimum atomic E-state index is 0.676. The van der Waals surface area contributed by atoms with E-state index in [1.165, 1.54) is 11.3 Å². The molecule has 26 heavy (non-hydrogen) atoms. The molecule has 0 saturated carbocycles. The predicted octanol–water partition coefficient (Wildman–Crippen LogP) is 4.02. The van der Waals surface area contributed by atoms with Crippen molar-refractivity contribution in [3.8, 4) is 22.8 Å². The Hall–Kier alpha value is -2.80. The van der Waals surface area contributed by atoms with E-state index in [0.29, 0.717) is 12.3 Å². The third-order valence-corrected chi connectivity index (χ3v) is 4.65. The Morgan fingerprint density at radius 2 is 2.08 bits per heavy atom. The second-order valence-corrected chi connectivity index (χ2v) is 6.26. The molecule has 3 rings (SSSR count). The number of nitrogens with zero attached hydrogens (tertiary/aromatic N) is 3. The van der Waals surface area contributed by atoms with E-state index in [9.17, 15) is 0 Å². The van der Waals surface area contributed by atoms with Gasteiger partial charge in [0.15, 0.2) is 0 Å². The van der Waals surface area contributed by atoms with Crippen molar-refractivity contribution in [2.45, 2.75) is 13.8 Å². The van der Waals surface area contributed by atoms with Crippen LogP contribution in [0.4, 0.5) is 0 Å². The average molecular weight is 371 g/mol. The lowest BCUT2D eigenvalue weighted by atomic mass is 10.1. The van der Waals surface area contributed by atoms with E-state index in [2.05, 4.69) is 4.99 Å². The van der Waals surface area contributed by atoms with Crippen molar-refractivity contribution in [2.75, 3.05) is 20.8 Å². The molecular weight excluding hydrogens is 350 g/mol. The second kappa shape index (κ2) is 8.05. The molecule has 0 aliphatic rings. The SMILES string of the molecule is CCN=c1scc(-c2ccc(OC)cc2OC)n1N=C(C)c1ccco1. The van der Waals surface area contributed by atoms with E-state index in [0.717, 1.165) is 33.3 Å². The largest absolute Gasteiger partial charge is 0.497 e. The number of thiazole rings is 1. The van der Waals surface area contributed by atoms with Gasteiger partial charge in [-0.25, -0.2) is 4.68 Å². The lowest BCUT2D eigenvalue weighted by Crippen LogP contribution is -2.14. The molecule has 0 aliphatic heterocycles. The van der Waals surface area contributed by atoms with Gasteiger partial charge in [-0.2, -0.15) is 5.10 Å². The van der Waals surface area contributed by atoms with Crippen LogP contribution in [0.1, 0.15) is 19.6 Å². The van der Waals surface area contributed by atoms with Crippen LogP contribution >= 0.6 is 11.3 Å². The molecule has 2 aromatic heterocycles. The fraction of sp³-hybridized carbons (Fsp3) is 0.263. The molecule has 3 aromatic rings. The molecule has 1 aromatic carbocycles. The van der Waals surface area contributed by atoms with Crippen LogP contribution in [-0.2, 0) is 0 Å². The van der Waals surface area contributed by atoms with Gasteiger partial charge in [-0.3, -0.25) is 4.99 Å². The number of methoxy groups -OCH3 is 2. The highest BCUT2D eigenvalue weighted by Gasteiger charge is 2.14. The first kappa shape index (κ1) is 18.0. The molecule has 0 aliphatic carbocycles. The number of furan rings is 1. The zero-order valence-corrected chi connectivity index (χ0v) is 16.0. The van der Waals surface area contributed by atoms with Crippen molar-refractivity contribution >= 4 is 17.0 Å². The summed E-state index contributed by atoms with van der Waals surface area (Å²) in [6, 6.07) is 9.45. The van der Waals surface area contributed by atoms with E-state index in [1.807, 2.05) is 54.2 Å². The Labute approximate surface area is 156 Å². The third kappa shape index (κ3) is 3.57. The molecule has 0 unspecified atom stereocenters. The van der Waals surface area contributed by atoms with Gasteiger partial charge in [-0.15, -0.1) is 11.3 Å². The van der Waals surface area contributed by atoms with Crippen molar-refractivity contribution in [3.05, 3.63) is 52.5 Å². The third-order valence-electron chi connectivity index (χ3n) is 3.79. The second-order valence-electron chi connectivity index (χ2n) is 5.42. The van der Waals surface area contributed by atoms with Gasteiger partial charge >= 0.3 is 0 Å². The number of hydrogen-bond acceptors (Lipinski definition) is 6. The minimum Gasteiger partial charge on any atom is -0.497 e. The molecule has 0 fully saturated rings. The van der Waals surface area contributed by atoms with Gasteiger partial charge in [0.1, 0.15) is 23.0 Å². The molecule has 0 saturated heterocycles. The number of benzene rings is 1. The molecule has 6 nitrogen and oxygen atoms in total. The molecule has 0 spiro atoms. The number of ether oxygens (including phenoxy) is 2. The molecule has 0 atom stereocenters. The summed E-state index contributed by atoms with van der Waals surface area (Å²) in [6.07, 6.45) is 1.64. The molecule has 0 N–H and O–H groups in total. The summed E-state index contributed by atoms with van der Waals surface area (Å²) < 4.78 is 18.1. The van der Waals surface area contributed by atoms with Crippen LogP contribution in [0.25, 0.3) is 11.3 Å². The monoisotopic (exact) mass is 371 g/mol. The molecule has 2 heterocycles. The van der Waals surface area contributed by atoms with E-state index in [4.69, 9.17) is 19.0 Å². The molecule has 136 valence electrons. The maximum atomic E-state index is 5.56. The smallest absolute Gasteiger partial charge is 0.206 e. The molecule has 7 heteroatoms. The summed E-state index contributed by atoms with van der Waals surface area (Å²) in [6.45, 7) is 4.59. The van der Waals surface area contributed by atoms with Gasteiger partial charge in [-0.05, 0) is 38.1 Å². The van der Waals surface area contributed by atoms with Crippen LogP contribution < -0.4 is 14.3 Å². The van der Waals surface area contributed by atoms with Gasteiger partial charge in [-0.1, -0.05) is 0 Å². The Morgan fingerprint density at radius 3 is 2.73 bits per heavy atom. The van der Waals surface area contributed by atoms with E-state index < -0.39 is 0 Å². The first-order chi connectivity index (χ1) is 12.7. The molecule has 0 amide bonds. The average Bonchev–Trinajstić information content (AvgIpc) is 3.32. The van der Waals surface area contributed by atoms with E-state index in [1.54, 1.807) is 20.5 Å². The van der Waals surface area contributed by atoms with Gasteiger partial charge in [0.25, 0.3) is 0 Å². The van der Waals surface area contributed by atoms with Crippen LogP contribution in [0.2, 0.25) is 0 Å². The maximum Gasteiger partial charge on any atom is 0.206 e. The van der Waals surface area contributed by atoms with E-state index in [-0.39, 0.29) is 0 Å². The fourth-order valence-electron chi connectivity index (χ4n) is 2.52. The van der Waals surface area contributed by atoms with Gasteiger partial charge in [0.2, 0.25) is 4.80 Å². The van der Waals surface area contributed by atoms with Crippen molar-refractivity contribution in [1.82, 2.24) is 4.68 Å². The number of rotatable bonds is 6. The Bertz CT molecular complexity index is 968. The van der Waals surface area contributed by atoms with Gasteiger partial charge < -0.3 is 13.9 Å². The first-order valence-corrected chi connectivity index (χ1v) is 9.08. The number of hydrogen-bond donors (Lipinski definition) is 0. The number of aromatic nitrogens is 1. The standard InChI is InChI=1S/C19H21N3O3S/c1-5-20-19-22(21-13(2)17-7-6-10-25-17)16(12-26-19)15-9-8-14(23-3)11-18(15)24-4/h6-12H,5H2,1-4H3. The van der Waals surface area contributed by atoms with E-state index >= 15 is 0 Å². The van der Waals surface area contributed by atoms with Crippen molar-refractivity contribution < 1.29 is 13.9 Å².